The summed E-state index contributed by atoms with van der Waals surface area (Å²) >= 11 is 0. The molecule has 0 radical (unpaired) electrons. The Kier molecular flexibility index (Phi) is 3.30. The minimum absolute atomic E-state index is 0.295. The Morgan fingerprint density at radius 2 is 2.26 bits per heavy atom. The van der Waals surface area contributed by atoms with Gasteiger partial charge in [0, 0.05) is 36.2 Å². The fraction of sp³-hybridized carbons (Fsp3) is 0.375. The van der Waals surface area contributed by atoms with E-state index >= 15 is 0 Å². The molecular weight excluding hydrogens is 234 g/mol. The van der Waals surface area contributed by atoms with Crippen molar-refractivity contribution in [3.05, 3.63) is 59.2 Å². The summed E-state index contributed by atoms with van der Waals surface area (Å²) in [7, 11) is 2.02. The maximum atomic E-state index is 4.60. The van der Waals surface area contributed by atoms with Crippen LogP contribution in [0.5, 0.6) is 0 Å². The molecule has 0 aromatic carbocycles. The molecular formula is C16H19N3. The molecule has 1 aliphatic rings. The van der Waals surface area contributed by atoms with E-state index in [1.165, 1.54) is 22.4 Å². The van der Waals surface area contributed by atoms with Crippen molar-refractivity contribution in [2.75, 3.05) is 7.05 Å². The first kappa shape index (κ1) is 12.3. The molecule has 0 fully saturated rings. The van der Waals surface area contributed by atoms with Gasteiger partial charge in [-0.25, -0.2) is 0 Å². The van der Waals surface area contributed by atoms with Crippen LogP contribution in [0.3, 0.4) is 0 Å². The normalized spacial score (nSPS) is 19.2. The average molecular weight is 253 g/mol. The second kappa shape index (κ2) is 5.10. The van der Waals surface area contributed by atoms with Crippen molar-refractivity contribution >= 4 is 0 Å². The van der Waals surface area contributed by atoms with Crippen LogP contribution < -0.4 is 5.32 Å². The highest BCUT2D eigenvalue weighted by atomic mass is 14.9. The van der Waals surface area contributed by atoms with Crippen LogP contribution in [0.25, 0.3) is 0 Å². The van der Waals surface area contributed by atoms with Gasteiger partial charge < -0.3 is 5.32 Å². The van der Waals surface area contributed by atoms with Crippen LogP contribution in [-0.4, -0.2) is 17.0 Å². The van der Waals surface area contributed by atoms with Crippen molar-refractivity contribution in [3.63, 3.8) is 0 Å². The van der Waals surface area contributed by atoms with E-state index in [2.05, 4.69) is 34.3 Å². The molecule has 2 aromatic heterocycles. The lowest BCUT2D eigenvalue weighted by Gasteiger charge is -2.23. The van der Waals surface area contributed by atoms with Crippen LogP contribution in [-0.2, 0) is 6.42 Å². The van der Waals surface area contributed by atoms with E-state index in [-0.39, 0.29) is 0 Å². The summed E-state index contributed by atoms with van der Waals surface area (Å²) in [6.07, 6.45) is 8.06. The van der Waals surface area contributed by atoms with Crippen LogP contribution in [0, 0.1) is 6.92 Å². The minimum atomic E-state index is 0.295. The largest absolute Gasteiger partial charge is 0.312 e. The zero-order valence-electron chi connectivity index (χ0n) is 11.4. The molecule has 3 nitrogen and oxygen atoms in total. The van der Waals surface area contributed by atoms with Gasteiger partial charge in [0.15, 0.2) is 0 Å². The first-order valence-corrected chi connectivity index (χ1v) is 6.82. The quantitative estimate of drug-likeness (QED) is 0.914. The van der Waals surface area contributed by atoms with E-state index in [1.807, 2.05) is 31.7 Å². The van der Waals surface area contributed by atoms with Gasteiger partial charge in [-0.3, -0.25) is 9.97 Å². The number of fused-ring (bicyclic) bond motifs is 1. The summed E-state index contributed by atoms with van der Waals surface area (Å²) in [6.45, 7) is 2.09. The van der Waals surface area contributed by atoms with E-state index in [1.54, 1.807) is 0 Å². The molecule has 19 heavy (non-hydrogen) atoms. The predicted octanol–water partition coefficient (Wildman–Crippen LogP) is 2.78. The van der Waals surface area contributed by atoms with Crippen molar-refractivity contribution in [1.29, 1.82) is 0 Å². The van der Waals surface area contributed by atoms with Crippen LogP contribution in [0.15, 0.2) is 36.8 Å². The van der Waals surface area contributed by atoms with Crippen molar-refractivity contribution in [1.82, 2.24) is 15.3 Å². The summed E-state index contributed by atoms with van der Waals surface area (Å²) in [5, 5.41) is 3.45. The lowest BCUT2D eigenvalue weighted by Crippen LogP contribution is -2.23. The molecule has 0 aliphatic heterocycles. The maximum absolute atomic E-state index is 4.60. The molecule has 2 aromatic rings. The topological polar surface area (TPSA) is 37.8 Å². The summed E-state index contributed by atoms with van der Waals surface area (Å²) in [4.78, 5) is 8.92. The number of pyridine rings is 2. The third kappa shape index (κ3) is 2.26. The molecule has 3 heteroatoms. The zero-order chi connectivity index (χ0) is 13.2. The molecule has 3 rings (SSSR count). The highest BCUT2D eigenvalue weighted by Crippen LogP contribution is 2.40. The van der Waals surface area contributed by atoms with Crippen LogP contribution >= 0.6 is 0 Å². The molecule has 2 atom stereocenters. The predicted molar refractivity (Wildman–Crippen MR) is 76.1 cm³/mol. The molecule has 1 N–H and O–H groups in total. The van der Waals surface area contributed by atoms with E-state index in [9.17, 15) is 0 Å². The van der Waals surface area contributed by atoms with Crippen molar-refractivity contribution in [2.24, 2.45) is 0 Å². The zero-order valence-corrected chi connectivity index (χ0v) is 11.4. The SMILES string of the molecule is CNC(c1cncc(C)c1)C1CCc2cccnc21. The van der Waals surface area contributed by atoms with Gasteiger partial charge in [-0.05, 0) is 49.6 Å². The van der Waals surface area contributed by atoms with E-state index in [4.69, 9.17) is 0 Å². The Morgan fingerprint density at radius 3 is 3.05 bits per heavy atom. The number of nitrogens with zero attached hydrogens (tertiary/aromatic N) is 2. The first-order valence-electron chi connectivity index (χ1n) is 6.82. The number of hydrogen-bond acceptors (Lipinski definition) is 3. The van der Waals surface area contributed by atoms with Gasteiger partial charge >= 0.3 is 0 Å². The van der Waals surface area contributed by atoms with Gasteiger partial charge in [0.2, 0.25) is 0 Å². The summed E-state index contributed by atoms with van der Waals surface area (Å²) in [5.41, 5.74) is 5.11. The maximum Gasteiger partial charge on any atom is 0.0485 e. The fourth-order valence-electron chi connectivity index (χ4n) is 3.12. The number of aromatic nitrogens is 2. The van der Waals surface area contributed by atoms with Gasteiger partial charge in [0.1, 0.15) is 0 Å². The molecule has 98 valence electrons. The molecule has 0 spiro atoms. The Morgan fingerprint density at radius 1 is 1.37 bits per heavy atom. The van der Waals surface area contributed by atoms with Crippen molar-refractivity contribution in [2.45, 2.75) is 31.7 Å². The number of hydrogen-bond donors (Lipinski definition) is 1. The Balaban J connectivity index is 1.96. The third-order valence-corrected chi connectivity index (χ3v) is 3.97. The fourth-order valence-corrected chi connectivity index (χ4v) is 3.12. The van der Waals surface area contributed by atoms with E-state index in [0.29, 0.717) is 12.0 Å². The number of likely N-dealkylation sites (N-methyl/N-ethyl adjacent to an activating group) is 1. The second-order valence-corrected chi connectivity index (χ2v) is 5.25. The Labute approximate surface area is 114 Å². The van der Waals surface area contributed by atoms with Crippen LogP contribution in [0.1, 0.15) is 40.8 Å². The first-order chi connectivity index (χ1) is 9.29. The molecule has 2 heterocycles. The number of aryl methyl sites for hydroxylation is 2. The molecule has 1 aliphatic carbocycles. The highest BCUT2D eigenvalue weighted by molar-refractivity contribution is 5.33. The second-order valence-electron chi connectivity index (χ2n) is 5.25. The molecule has 0 saturated heterocycles. The summed E-state index contributed by atoms with van der Waals surface area (Å²) in [5.74, 6) is 0.449. The summed E-state index contributed by atoms with van der Waals surface area (Å²) < 4.78 is 0. The van der Waals surface area contributed by atoms with Gasteiger partial charge in [0.05, 0.1) is 0 Å². The molecule has 0 saturated carbocycles. The highest BCUT2D eigenvalue weighted by Gasteiger charge is 2.31. The third-order valence-electron chi connectivity index (χ3n) is 3.97. The lowest BCUT2D eigenvalue weighted by molar-refractivity contribution is 0.468. The van der Waals surface area contributed by atoms with Gasteiger partial charge in [0.25, 0.3) is 0 Å². The van der Waals surface area contributed by atoms with Gasteiger partial charge in [-0.15, -0.1) is 0 Å². The van der Waals surface area contributed by atoms with Crippen molar-refractivity contribution < 1.29 is 0 Å². The van der Waals surface area contributed by atoms with Gasteiger partial charge in [-0.1, -0.05) is 12.1 Å². The van der Waals surface area contributed by atoms with Crippen LogP contribution in [0.4, 0.5) is 0 Å². The number of rotatable bonds is 3. The average Bonchev–Trinajstić information content (AvgIpc) is 2.84. The number of nitrogens with one attached hydrogen (secondary N) is 1. The standard InChI is InChI=1S/C16H19N3/c1-11-8-13(10-18-9-11)15(17-2)14-6-5-12-4-3-7-19-16(12)14/h3-4,7-10,14-15,17H,5-6H2,1-2H3. The lowest BCUT2D eigenvalue weighted by atomic mass is 9.91. The van der Waals surface area contributed by atoms with E-state index < -0.39 is 0 Å². The van der Waals surface area contributed by atoms with Gasteiger partial charge in [-0.2, -0.15) is 0 Å². The molecule has 0 amide bonds. The molecule has 2 unspecified atom stereocenters. The van der Waals surface area contributed by atoms with Crippen LogP contribution in [0.2, 0.25) is 0 Å². The minimum Gasteiger partial charge on any atom is -0.312 e. The Bertz CT molecular complexity index is 580. The molecule has 0 bridgehead atoms. The van der Waals surface area contributed by atoms with Crippen molar-refractivity contribution in [3.8, 4) is 0 Å². The summed E-state index contributed by atoms with van der Waals surface area (Å²) in [6, 6.07) is 6.74. The Hall–Kier alpha value is -1.74. The van der Waals surface area contributed by atoms with E-state index in [0.717, 1.165) is 12.8 Å². The monoisotopic (exact) mass is 253 g/mol. The smallest absolute Gasteiger partial charge is 0.0485 e.